The molecule has 1 N–H and O–H groups in total. The molecule has 0 bridgehead atoms. The van der Waals surface area contributed by atoms with E-state index in [1.54, 1.807) is 6.92 Å². The van der Waals surface area contributed by atoms with Crippen LogP contribution in [0.3, 0.4) is 0 Å². The molecule has 3 nitrogen and oxygen atoms in total. The molecule has 94 valence electrons. The Hall–Kier alpha value is -2.05. The summed E-state index contributed by atoms with van der Waals surface area (Å²) in [6.07, 6.45) is -0.511. The van der Waals surface area contributed by atoms with Crippen molar-refractivity contribution in [3.63, 3.8) is 0 Å². The van der Waals surface area contributed by atoms with Gasteiger partial charge in [0.15, 0.2) is 0 Å². The second-order valence-electron chi connectivity index (χ2n) is 3.90. The van der Waals surface area contributed by atoms with Crippen molar-refractivity contribution in [2.75, 3.05) is 6.61 Å². The molecule has 1 aromatic rings. The molecular formula is C15H16O3. The number of ether oxygens (including phenoxy) is 1. The van der Waals surface area contributed by atoms with Gasteiger partial charge < -0.3 is 9.84 Å². The Kier molecular flexibility index (Phi) is 5.69. The van der Waals surface area contributed by atoms with Crippen molar-refractivity contribution in [1.29, 1.82) is 0 Å². The van der Waals surface area contributed by atoms with Crippen LogP contribution in [0.25, 0.3) is 0 Å². The summed E-state index contributed by atoms with van der Waals surface area (Å²) >= 11 is 0. The van der Waals surface area contributed by atoms with Crippen molar-refractivity contribution in [3.05, 3.63) is 48.0 Å². The summed E-state index contributed by atoms with van der Waals surface area (Å²) in [7, 11) is 0. The molecule has 0 aliphatic carbocycles. The Bertz CT molecular complexity index is 466. The zero-order chi connectivity index (χ0) is 13.4. The van der Waals surface area contributed by atoms with Crippen molar-refractivity contribution in [3.8, 4) is 11.8 Å². The monoisotopic (exact) mass is 244 g/mol. The predicted molar refractivity (Wildman–Crippen MR) is 69.7 cm³/mol. The number of carbonyl (C=O) groups excluding carboxylic acids is 1. The van der Waals surface area contributed by atoms with Crippen LogP contribution in [0.5, 0.6) is 0 Å². The first-order valence-electron chi connectivity index (χ1n) is 5.64. The number of esters is 1. The molecule has 0 heterocycles. The molecule has 0 aliphatic heterocycles. The van der Waals surface area contributed by atoms with Crippen LogP contribution in [0.1, 0.15) is 18.9 Å². The Morgan fingerprint density at radius 2 is 2.11 bits per heavy atom. The van der Waals surface area contributed by atoms with Crippen molar-refractivity contribution < 1.29 is 14.6 Å². The molecule has 0 spiro atoms. The van der Waals surface area contributed by atoms with Gasteiger partial charge in [-0.3, -0.25) is 0 Å². The molecule has 3 heteroatoms. The highest BCUT2D eigenvalue weighted by Crippen LogP contribution is 1.98. The number of hydrogen-bond donors (Lipinski definition) is 1. The minimum atomic E-state index is -0.774. The highest BCUT2D eigenvalue weighted by Gasteiger charge is 2.07. The third-order valence-corrected chi connectivity index (χ3v) is 2.10. The van der Waals surface area contributed by atoms with E-state index >= 15 is 0 Å². The van der Waals surface area contributed by atoms with Crippen LogP contribution in [-0.4, -0.2) is 23.8 Å². The maximum Gasteiger partial charge on any atom is 0.333 e. The van der Waals surface area contributed by atoms with Crippen molar-refractivity contribution in [1.82, 2.24) is 0 Å². The van der Waals surface area contributed by atoms with Crippen molar-refractivity contribution in [2.45, 2.75) is 19.4 Å². The topological polar surface area (TPSA) is 46.5 Å². The molecule has 0 saturated carbocycles. The quantitative estimate of drug-likeness (QED) is 0.500. The molecule has 1 rings (SSSR count). The maximum absolute atomic E-state index is 11.1. The lowest BCUT2D eigenvalue weighted by Crippen LogP contribution is -2.18. The summed E-state index contributed by atoms with van der Waals surface area (Å²) in [5, 5.41) is 9.55. The van der Waals surface area contributed by atoms with Gasteiger partial charge >= 0.3 is 5.97 Å². The molecule has 0 saturated heterocycles. The van der Waals surface area contributed by atoms with Gasteiger partial charge in [-0.15, -0.1) is 0 Å². The largest absolute Gasteiger partial charge is 0.460 e. The number of hydrogen-bond acceptors (Lipinski definition) is 3. The Labute approximate surface area is 107 Å². The second kappa shape index (κ2) is 7.31. The van der Waals surface area contributed by atoms with Gasteiger partial charge in [-0.1, -0.05) is 36.6 Å². The average molecular weight is 244 g/mol. The van der Waals surface area contributed by atoms with Crippen LogP contribution in [-0.2, 0) is 9.53 Å². The fourth-order valence-electron chi connectivity index (χ4n) is 1.15. The molecular weight excluding hydrogens is 228 g/mol. The number of aliphatic hydroxyl groups excluding tert-OH is 1. The molecule has 1 unspecified atom stereocenters. The highest BCUT2D eigenvalue weighted by molar-refractivity contribution is 5.86. The zero-order valence-electron chi connectivity index (χ0n) is 10.3. The van der Waals surface area contributed by atoms with Gasteiger partial charge in [0.1, 0.15) is 6.61 Å². The first kappa shape index (κ1) is 14.0. The van der Waals surface area contributed by atoms with Gasteiger partial charge in [-0.2, -0.15) is 0 Å². The molecule has 0 fully saturated rings. The minimum absolute atomic E-state index is 0.0604. The summed E-state index contributed by atoms with van der Waals surface area (Å²) in [5.41, 5.74) is 1.21. The summed E-state index contributed by atoms with van der Waals surface area (Å²) < 4.78 is 4.81. The van der Waals surface area contributed by atoms with Crippen LogP contribution < -0.4 is 0 Å². The fraction of sp³-hybridized carbons (Fsp3) is 0.267. The molecule has 0 amide bonds. The van der Waals surface area contributed by atoms with Crippen LogP contribution >= 0.6 is 0 Å². The third kappa shape index (κ3) is 5.33. The van der Waals surface area contributed by atoms with Gasteiger partial charge in [0.2, 0.25) is 0 Å². The van der Waals surface area contributed by atoms with Crippen molar-refractivity contribution in [2.24, 2.45) is 0 Å². The molecule has 18 heavy (non-hydrogen) atoms. The predicted octanol–water partition coefficient (Wildman–Crippen LogP) is 1.91. The number of aliphatic hydroxyl groups is 1. The maximum atomic E-state index is 11.1. The van der Waals surface area contributed by atoms with E-state index in [0.29, 0.717) is 5.57 Å². The minimum Gasteiger partial charge on any atom is -0.460 e. The fourth-order valence-corrected chi connectivity index (χ4v) is 1.15. The van der Waals surface area contributed by atoms with E-state index in [9.17, 15) is 9.90 Å². The lowest BCUT2D eigenvalue weighted by atomic mass is 10.2. The van der Waals surface area contributed by atoms with Gasteiger partial charge in [-0.05, 0) is 19.1 Å². The Morgan fingerprint density at radius 3 is 2.72 bits per heavy atom. The number of benzene rings is 1. The van der Waals surface area contributed by atoms with E-state index in [-0.39, 0.29) is 13.0 Å². The average Bonchev–Trinajstić information content (AvgIpc) is 2.37. The summed E-state index contributed by atoms with van der Waals surface area (Å²) in [6.45, 7) is 4.95. The first-order valence-corrected chi connectivity index (χ1v) is 5.64. The van der Waals surface area contributed by atoms with Crippen molar-refractivity contribution >= 4 is 5.97 Å². The molecule has 0 radical (unpaired) electrons. The van der Waals surface area contributed by atoms with Gasteiger partial charge in [-0.25, -0.2) is 4.79 Å². The van der Waals surface area contributed by atoms with E-state index in [1.165, 1.54) is 0 Å². The van der Waals surface area contributed by atoms with Gasteiger partial charge in [0.25, 0.3) is 0 Å². The first-order chi connectivity index (χ1) is 8.59. The lowest BCUT2D eigenvalue weighted by molar-refractivity contribution is -0.141. The molecule has 0 aliphatic rings. The molecule has 0 aromatic heterocycles. The standard InChI is InChI=1S/C15H16O3/c1-12(2)15(17)18-11-14(16)10-6-9-13-7-4-3-5-8-13/h3-5,7-8,14,16H,1,10-11H2,2H3. The van der Waals surface area contributed by atoms with E-state index in [1.807, 2.05) is 30.3 Å². The SMILES string of the molecule is C=C(C)C(=O)OCC(O)CC#Cc1ccccc1. The van der Waals surface area contributed by atoms with E-state index in [4.69, 9.17) is 4.74 Å². The zero-order valence-corrected chi connectivity index (χ0v) is 10.3. The normalized spacial score (nSPS) is 11.0. The van der Waals surface area contributed by atoms with Crippen LogP contribution in [0.2, 0.25) is 0 Å². The Balaban J connectivity index is 2.34. The van der Waals surface area contributed by atoms with Crippen LogP contribution in [0.4, 0.5) is 0 Å². The summed E-state index contributed by atoms with van der Waals surface area (Å²) in [6, 6.07) is 9.49. The lowest BCUT2D eigenvalue weighted by Gasteiger charge is -2.07. The van der Waals surface area contributed by atoms with E-state index in [2.05, 4.69) is 18.4 Å². The number of carbonyl (C=O) groups is 1. The van der Waals surface area contributed by atoms with E-state index < -0.39 is 12.1 Å². The summed E-state index contributed by atoms with van der Waals surface area (Å²) in [5.74, 6) is 5.26. The molecule has 1 atom stereocenters. The number of rotatable bonds is 4. The highest BCUT2D eigenvalue weighted by atomic mass is 16.5. The smallest absolute Gasteiger partial charge is 0.333 e. The van der Waals surface area contributed by atoms with Crippen LogP contribution in [0.15, 0.2) is 42.5 Å². The van der Waals surface area contributed by atoms with Gasteiger partial charge in [0.05, 0.1) is 6.10 Å². The Morgan fingerprint density at radius 1 is 1.44 bits per heavy atom. The third-order valence-electron chi connectivity index (χ3n) is 2.10. The second-order valence-corrected chi connectivity index (χ2v) is 3.90. The molecule has 1 aromatic carbocycles. The summed E-state index contributed by atoms with van der Waals surface area (Å²) in [4.78, 5) is 11.1. The van der Waals surface area contributed by atoms with Gasteiger partial charge in [0, 0.05) is 17.6 Å². The van der Waals surface area contributed by atoms with Crippen LogP contribution in [0, 0.1) is 11.8 Å². The van der Waals surface area contributed by atoms with E-state index in [0.717, 1.165) is 5.56 Å².